The van der Waals surface area contributed by atoms with Gasteiger partial charge in [-0.2, -0.15) is 0 Å². The second-order valence-electron chi connectivity index (χ2n) is 9.95. The topological polar surface area (TPSA) is 54.3 Å². The van der Waals surface area contributed by atoms with E-state index in [1.807, 2.05) is 4.90 Å². The van der Waals surface area contributed by atoms with Crippen LogP contribution in [0.25, 0.3) is 0 Å². The summed E-state index contributed by atoms with van der Waals surface area (Å²) in [5.41, 5.74) is 2.45. The standard InChI is InChI=1S/C24H35N3O2/c28-23-21(18-7-3-1-4-8-18)11-12-22-19-13-17(15-27(22)23)14-26(16-19)24(29)25-20-9-5-2-6-10-20/h11-12,17-20H,1-10,13-16H2,(H,25,29)/t17-,19-/m1/s1. The van der Waals surface area contributed by atoms with E-state index in [0.29, 0.717) is 23.8 Å². The number of carbonyl (C=O) groups is 1. The van der Waals surface area contributed by atoms with E-state index in [9.17, 15) is 9.59 Å². The Morgan fingerprint density at radius 1 is 0.862 bits per heavy atom. The van der Waals surface area contributed by atoms with Gasteiger partial charge in [0, 0.05) is 42.9 Å². The van der Waals surface area contributed by atoms with Crippen LogP contribution in [0.3, 0.4) is 0 Å². The van der Waals surface area contributed by atoms with Gasteiger partial charge in [-0.1, -0.05) is 44.6 Å². The van der Waals surface area contributed by atoms with E-state index in [1.54, 1.807) is 0 Å². The van der Waals surface area contributed by atoms with Crippen LogP contribution < -0.4 is 10.9 Å². The molecule has 3 fully saturated rings. The van der Waals surface area contributed by atoms with Crippen molar-refractivity contribution in [2.75, 3.05) is 13.1 Å². The van der Waals surface area contributed by atoms with Crippen LogP contribution in [0.5, 0.6) is 0 Å². The molecule has 158 valence electrons. The fraction of sp³-hybridized carbons (Fsp3) is 0.750. The van der Waals surface area contributed by atoms with Gasteiger partial charge in [0.15, 0.2) is 0 Å². The number of rotatable bonds is 2. The average Bonchev–Trinajstić information content (AvgIpc) is 2.76. The first-order chi connectivity index (χ1) is 14.2. The van der Waals surface area contributed by atoms with Crippen molar-refractivity contribution < 1.29 is 4.79 Å². The molecule has 5 nitrogen and oxygen atoms in total. The van der Waals surface area contributed by atoms with Crippen LogP contribution in [-0.4, -0.2) is 34.6 Å². The van der Waals surface area contributed by atoms with Crippen molar-refractivity contribution in [2.24, 2.45) is 5.92 Å². The van der Waals surface area contributed by atoms with E-state index in [-0.39, 0.29) is 11.6 Å². The Kier molecular flexibility index (Phi) is 5.40. The maximum Gasteiger partial charge on any atom is 0.317 e. The number of piperidine rings is 1. The van der Waals surface area contributed by atoms with E-state index in [2.05, 4.69) is 22.0 Å². The van der Waals surface area contributed by atoms with Crippen LogP contribution in [0, 0.1) is 5.92 Å². The molecule has 3 heterocycles. The number of nitrogens with zero attached hydrogens (tertiary/aromatic N) is 2. The monoisotopic (exact) mass is 397 g/mol. The summed E-state index contributed by atoms with van der Waals surface area (Å²) in [6.07, 6.45) is 13.3. The molecule has 5 rings (SSSR count). The zero-order valence-electron chi connectivity index (χ0n) is 17.6. The third kappa shape index (κ3) is 3.85. The van der Waals surface area contributed by atoms with Crippen molar-refractivity contribution in [3.8, 4) is 0 Å². The number of amides is 2. The van der Waals surface area contributed by atoms with E-state index < -0.39 is 0 Å². The molecule has 1 saturated heterocycles. The molecular weight excluding hydrogens is 362 g/mol. The summed E-state index contributed by atoms with van der Waals surface area (Å²) >= 11 is 0. The summed E-state index contributed by atoms with van der Waals surface area (Å²) in [5.74, 6) is 1.15. The molecule has 2 saturated carbocycles. The first-order valence-electron chi connectivity index (χ1n) is 12.0. The molecular formula is C24H35N3O2. The zero-order valence-corrected chi connectivity index (χ0v) is 17.6. The number of nitrogens with one attached hydrogen (secondary N) is 1. The first-order valence-corrected chi connectivity index (χ1v) is 12.0. The van der Waals surface area contributed by atoms with Crippen LogP contribution in [0.1, 0.15) is 93.7 Å². The number of pyridine rings is 1. The number of urea groups is 1. The number of fused-ring (bicyclic) bond motifs is 4. The number of aromatic nitrogens is 1. The van der Waals surface area contributed by atoms with Gasteiger partial charge in [0.05, 0.1) is 0 Å². The van der Waals surface area contributed by atoms with Gasteiger partial charge in [0.25, 0.3) is 5.56 Å². The summed E-state index contributed by atoms with van der Waals surface area (Å²) in [6, 6.07) is 4.78. The van der Waals surface area contributed by atoms with E-state index in [0.717, 1.165) is 63.0 Å². The predicted octanol–water partition coefficient (Wildman–Crippen LogP) is 4.36. The second-order valence-corrected chi connectivity index (χ2v) is 9.95. The third-order valence-electron chi connectivity index (χ3n) is 7.90. The van der Waals surface area contributed by atoms with E-state index in [1.165, 1.54) is 38.5 Å². The van der Waals surface area contributed by atoms with E-state index in [4.69, 9.17) is 0 Å². The molecule has 0 aromatic carbocycles. The van der Waals surface area contributed by atoms with Crippen molar-refractivity contribution in [2.45, 2.75) is 95.1 Å². The molecule has 0 radical (unpaired) electrons. The van der Waals surface area contributed by atoms with Crippen molar-refractivity contribution in [3.63, 3.8) is 0 Å². The molecule has 1 aromatic rings. The number of likely N-dealkylation sites (tertiary alicyclic amines) is 1. The van der Waals surface area contributed by atoms with Crippen LogP contribution in [0.15, 0.2) is 16.9 Å². The van der Waals surface area contributed by atoms with Gasteiger partial charge in [-0.25, -0.2) is 4.79 Å². The SMILES string of the molecule is O=C(NC1CCCCC1)N1C[C@H]2C[C@H](C1)c1ccc(C3CCCCC3)c(=O)n1C2. The molecule has 2 bridgehead atoms. The van der Waals surface area contributed by atoms with Crippen LogP contribution in [-0.2, 0) is 6.54 Å². The largest absolute Gasteiger partial charge is 0.335 e. The van der Waals surface area contributed by atoms with Gasteiger partial charge in [-0.05, 0) is 50.0 Å². The second kappa shape index (κ2) is 8.16. The molecule has 5 heteroatoms. The lowest BCUT2D eigenvalue weighted by atomic mass is 9.81. The molecule has 2 aliphatic carbocycles. The normalized spacial score (nSPS) is 28.1. The predicted molar refractivity (Wildman–Crippen MR) is 114 cm³/mol. The Bertz CT molecular complexity index is 805. The van der Waals surface area contributed by atoms with Crippen molar-refractivity contribution >= 4 is 6.03 Å². The maximum absolute atomic E-state index is 13.3. The van der Waals surface area contributed by atoms with Crippen molar-refractivity contribution in [1.82, 2.24) is 14.8 Å². The Labute approximate surface area is 173 Å². The fourth-order valence-corrected chi connectivity index (χ4v) is 6.37. The van der Waals surface area contributed by atoms with Gasteiger partial charge >= 0.3 is 6.03 Å². The number of hydrogen-bond donors (Lipinski definition) is 1. The fourth-order valence-electron chi connectivity index (χ4n) is 6.37. The van der Waals surface area contributed by atoms with Gasteiger partial charge in [-0.3, -0.25) is 4.79 Å². The first kappa shape index (κ1) is 19.2. The highest BCUT2D eigenvalue weighted by Gasteiger charge is 2.37. The Hall–Kier alpha value is -1.78. The number of hydrogen-bond acceptors (Lipinski definition) is 2. The summed E-state index contributed by atoms with van der Waals surface area (Å²) in [4.78, 5) is 28.2. The lowest BCUT2D eigenvalue weighted by Gasteiger charge is -2.43. The minimum absolute atomic E-state index is 0.112. The Balaban J connectivity index is 1.32. The molecule has 1 N–H and O–H groups in total. The van der Waals surface area contributed by atoms with Crippen LogP contribution in [0.2, 0.25) is 0 Å². The minimum Gasteiger partial charge on any atom is -0.335 e. The molecule has 4 aliphatic rings. The third-order valence-corrected chi connectivity index (χ3v) is 7.90. The molecule has 0 spiro atoms. The zero-order chi connectivity index (χ0) is 19.8. The highest BCUT2D eigenvalue weighted by molar-refractivity contribution is 5.74. The summed E-state index contributed by atoms with van der Waals surface area (Å²) in [6.45, 7) is 2.31. The maximum atomic E-state index is 13.3. The van der Waals surface area contributed by atoms with Gasteiger partial charge < -0.3 is 14.8 Å². The van der Waals surface area contributed by atoms with Crippen molar-refractivity contribution in [3.05, 3.63) is 33.7 Å². The van der Waals surface area contributed by atoms with E-state index >= 15 is 0 Å². The lowest BCUT2D eigenvalue weighted by molar-refractivity contribution is 0.127. The van der Waals surface area contributed by atoms with Gasteiger partial charge in [-0.15, -0.1) is 0 Å². The Morgan fingerprint density at radius 2 is 1.59 bits per heavy atom. The van der Waals surface area contributed by atoms with Crippen LogP contribution >= 0.6 is 0 Å². The van der Waals surface area contributed by atoms with Gasteiger partial charge in [0.2, 0.25) is 0 Å². The summed E-state index contributed by atoms with van der Waals surface area (Å²) < 4.78 is 2.07. The summed E-state index contributed by atoms with van der Waals surface area (Å²) in [7, 11) is 0. The molecule has 0 unspecified atom stereocenters. The molecule has 2 atom stereocenters. The lowest BCUT2D eigenvalue weighted by Crippen LogP contribution is -2.53. The minimum atomic E-state index is 0.112. The molecule has 2 amide bonds. The smallest absolute Gasteiger partial charge is 0.317 e. The average molecular weight is 398 g/mol. The molecule has 29 heavy (non-hydrogen) atoms. The highest BCUT2D eigenvalue weighted by atomic mass is 16.2. The molecule has 2 aliphatic heterocycles. The van der Waals surface area contributed by atoms with Crippen molar-refractivity contribution in [1.29, 1.82) is 0 Å². The van der Waals surface area contributed by atoms with Crippen LogP contribution in [0.4, 0.5) is 4.79 Å². The number of carbonyl (C=O) groups excluding carboxylic acids is 1. The highest BCUT2D eigenvalue weighted by Crippen LogP contribution is 2.37. The quantitative estimate of drug-likeness (QED) is 0.806. The van der Waals surface area contributed by atoms with Gasteiger partial charge in [0.1, 0.15) is 0 Å². The Morgan fingerprint density at radius 3 is 2.34 bits per heavy atom. The summed E-state index contributed by atoms with van der Waals surface area (Å²) in [5, 5.41) is 3.28. The molecule has 1 aromatic heterocycles.